The largest absolute Gasteiger partial charge is 0.416 e. The first-order valence-corrected chi connectivity index (χ1v) is 11.3. The summed E-state index contributed by atoms with van der Waals surface area (Å²) >= 11 is 0. The van der Waals surface area contributed by atoms with Crippen molar-refractivity contribution in [3.05, 3.63) is 98.3 Å². The molecule has 0 atom stereocenters. The summed E-state index contributed by atoms with van der Waals surface area (Å²) in [5, 5.41) is 14.8. The minimum Gasteiger partial charge on any atom is -0.326 e. The molecule has 0 unspecified atom stereocenters. The zero-order valence-electron chi connectivity index (χ0n) is 20.5. The molecule has 17 heteroatoms. The molecule has 0 aromatic heterocycles. The minimum atomic E-state index is -4.71. The Balaban J connectivity index is 0.000000173. The molecule has 2 amide bonds. The van der Waals surface area contributed by atoms with E-state index < -0.39 is 51.6 Å². The van der Waals surface area contributed by atoms with E-state index in [1.165, 1.54) is 12.1 Å². The van der Waals surface area contributed by atoms with Crippen LogP contribution < -0.4 is 10.6 Å². The summed E-state index contributed by atoms with van der Waals surface area (Å²) in [6, 6.07) is 7.57. The lowest BCUT2D eigenvalue weighted by atomic mass is 10.1. The molecule has 7 nitrogen and oxygen atoms in total. The molecular weight excluding hydrogens is 596 g/mol. The van der Waals surface area contributed by atoms with Gasteiger partial charge in [0.1, 0.15) is 0 Å². The van der Waals surface area contributed by atoms with Gasteiger partial charge in [0.2, 0.25) is 17.6 Å². The second kappa shape index (κ2) is 11.7. The second-order valence-corrected chi connectivity index (χ2v) is 8.61. The Hall–Kier alpha value is -4.70. The molecule has 2 heterocycles. The SMILES string of the molecule is O=C1Cc2ccc(C(F)(F)F)cc2N1.O=C1Cc2ccc(C(F)(F)F)cc2N1.O=[N+]([O-])c1cc(C(F)(F)F)ccc1F. The maximum atomic E-state index is 12.6. The number of amides is 2. The van der Waals surface area contributed by atoms with Gasteiger partial charge in [-0.05, 0) is 47.5 Å². The van der Waals surface area contributed by atoms with Crippen LogP contribution >= 0.6 is 0 Å². The third-order valence-corrected chi connectivity index (χ3v) is 5.59. The number of anilines is 2. The number of nitro groups is 1. The highest BCUT2D eigenvalue weighted by atomic mass is 19.4. The fraction of sp³-hybridized carbons (Fsp3) is 0.200. The van der Waals surface area contributed by atoms with Crippen LogP contribution in [0.5, 0.6) is 0 Å². The Morgan fingerprint density at radius 2 is 0.976 bits per heavy atom. The number of nitrogens with zero attached hydrogens (tertiary/aromatic N) is 1. The highest BCUT2D eigenvalue weighted by Gasteiger charge is 2.34. The Labute approximate surface area is 228 Å². The topological polar surface area (TPSA) is 101 Å². The van der Waals surface area contributed by atoms with E-state index in [2.05, 4.69) is 10.6 Å². The van der Waals surface area contributed by atoms with Crippen LogP contribution in [0, 0.1) is 15.9 Å². The van der Waals surface area contributed by atoms with Gasteiger partial charge >= 0.3 is 24.2 Å². The van der Waals surface area contributed by atoms with Crippen LogP contribution in [-0.2, 0) is 41.0 Å². The molecule has 2 N–H and O–H groups in total. The number of benzene rings is 3. The number of nitro benzene ring substituents is 1. The van der Waals surface area contributed by atoms with Gasteiger partial charge in [0.05, 0.1) is 34.5 Å². The van der Waals surface area contributed by atoms with Gasteiger partial charge in [-0.15, -0.1) is 0 Å². The minimum absolute atomic E-state index is 0.160. The average Bonchev–Trinajstić information content (AvgIpc) is 3.42. The summed E-state index contributed by atoms with van der Waals surface area (Å²) in [4.78, 5) is 30.6. The van der Waals surface area contributed by atoms with Crippen LogP contribution in [0.4, 0.5) is 61.0 Å². The number of fused-ring (bicyclic) bond motifs is 2. The first-order valence-electron chi connectivity index (χ1n) is 11.3. The van der Waals surface area contributed by atoms with Gasteiger partial charge < -0.3 is 10.6 Å². The monoisotopic (exact) mass is 611 g/mol. The molecule has 0 saturated heterocycles. The molecule has 0 bridgehead atoms. The van der Waals surface area contributed by atoms with Crippen LogP contribution in [0.15, 0.2) is 54.6 Å². The van der Waals surface area contributed by atoms with Crippen molar-refractivity contribution < 1.29 is 58.4 Å². The third kappa shape index (κ3) is 7.94. The molecule has 0 spiro atoms. The Kier molecular flexibility index (Phi) is 8.83. The molecule has 2 aliphatic heterocycles. The van der Waals surface area contributed by atoms with Crippen molar-refractivity contribution in [3.8, 4) is 0 Å². The Morgan fingerprint density at radius 1 is 0.619 bits per heavy atom. The molecule has 0 fully saturated rings. The lowest BCUT2D eigenvalue weighted by Crippen LogP contribution is -2.06. The summed E-state index contributed by atoms with van der Waals surface area (Å²) in [5.74, 6) is -1.82. The molecule has 224 valence electrons. The maximum Gasteiger partial charge on any atom is 0.416 e. The number of carbonyl (C=O) groups excluding carboxylic acids is 2. The summed E-state index contributed by atoms with van der Waals surface area (Å²) < 4.78 is 122. The molecule has 0 saturated carbocycles. The fourth-order valence-corrected chi connectivity index (χ4v) is 3.61. The van der Waals surface area contributed by atoms with E-state index in [1.54, 1.807) is 0 Å². The first-order chi connectivity index (χ1) is 19.3. The van der Waals surface area contributed by atoms with E-state index in [1.807, 2.05) is 0 Å². The van der Waals surface area contributed by atoms with Gasteiger partial charge in [0, 0.05) is 17.4 Å². The van der Waals surface area contributed by atoms with E-state index in [9.17, 15) is 63.6 Å². The molecule has 3 aromatic carbocycles. The number of rotatable bonds is 1. The zero-order chi connectivity index (χ0) is 31.6. The number of halogens is 10. The molecular formula is C25H15F10N3O4. The lowest BCUT2D eigenvalue weighted by Gasteiger charge is -2.07. The second-order valence-electron chi connectivity index (χ2n) is 8.61. The van der Waals surface area contributed by atoms with Crippen molar-refractivity contribution in [2.24, 2.45) is 0 Å². The Morgan fingerprint density at radius 3 is 1.33 bits per heavy atom. The van der Waals surface area contributed by atoms with Gasteiger partial charge in [0.15, 0.2) is 0 Å². The molecule has 0 aliphatic carbocycles. The average molecular weight is 611 g/mol. The van der Waals surface area contributed by atoms with Gasteiger partial charge in [0.25, 0.3) is 0 Å². The lowest BCUT2D eigenvalue weighted by molar-refractivity contribution is -0.387. The molecule has 5 rings (SSSR count). The highest BCUT2D eigenvalue weighted by Crippen LogP contribution is 2.35. The maximum absolute atomic E-state index is 12.6. The van der Waals surface area contributed by atoms with Crippen LogP contribution in [0.25, 0.3) is 0 Å². The highest BCUT2D eigenvalue weighted by molar-refractivity contribution is 5.99. The van der Waals surface area contributed by atoms with Gasteiger partial charge in [-0.3, -0.25) is 19.7 Å². The van der Waals surface area contributed by atoms with E-state index >= 15 is 0 Å². The van der Waals surface area contributed by atoms with E-state index in [4.69, 9.17) is 0 Å². The quantitative estimate of drug-likeness (QED) is 0.173. The van der Waals surface area contributed by atoms with Crippen molar-refractivity contribution in [2.45, 2.75) is 31.4 Å². The van der Waals surface area contributed by atoms with Crippen molar-refractivity contribution >= 4 is 28.9 Å². The fourth-order valence-electron chi connectivity index (χ4n) is 3.61. The smallest absolute Gasteiger partial charge is 0.326 e. The predicted molar refractivity (Wildman–Crippen MR) is 126 cm³/mol. The summed E-state index contributed by atoms with van der Waals surface area (Å²) in [6.07, 6.45) is -13.1. The summed E-state index contributed by atoms with van der Waals surface area (Å²) in [6.45, 7) is 0. The molecule has 2 aliphatic rings. The van der Waals surface area contributed by atoms with Crippen LogP contribution in [0.1, 0.15) is 27.8 Å². The summed E-state index contributed by atoms with van der Waals surface area (Å²) in [5.41, 5.74) is -2.14. The predicted octanol–water partition coefficient (Wildman–Crippen LogP) is 7.15. The van der Waals surface area contributed by atoms with Crippen molar-refractivity contribution in [3.63, 3.8) is 0 Å². The van der Waals surface area contributed by atoms with Crippen LogP contribution in [-0.4, -0.2) is 16.7 Å². The van der Waals surface area contributed by atoms with Gasteiger partial charge in [-0.1, -0.05) is 12.1 Å². The zero-order valence-corrected chi connectivity index (χ0v) is 20.5. The van der Waals surface area contributed by atoms with Gasteiger partial charge in [-0.2, -0.15) is 43.9 Å². The van der Waals surface area contributed by atoms with Crippen molar-refractivity contribution in [1.29, 1.82) is 0 Å². The van der Waals surface area contributed by atoms with E-state index in [0.29, 0.717) is 23.3 Å². The number of carbonyl (C=O) groups is 2. The van der Waals surface area contributed by atoms with Crippen LogP contribution in [0.3, 0.4) is 0 Å². The molecule has 3 aromatic rings. The van der Waals surface area contributed by atoms with Gasteiger partial charge in [-0.25, -0.2) is 0 Å². The molecule has 42 heavy (non-hydrogen) atoms. The number of alkyl halides is 9. The normalized spacial score (nSPS) is 14.0. The number of nitrogens with one attached hydrogen (secondary N) is 2. The van der Waals surface area contributed by atoms with E-state index in [-0.39, 0.29) is 42.1 Å². The third-order valence-electron chi connectivity index (χ3n) is 5.59. The van der Waals surface area contributed by atoms with Crippen molar-refractivity contribution in [2.75, 3.05) is 10.6 Å². The van der Waals surface area contributed by atoms with Crippen molar-refractivity contribution in [1.82, 2.24) is 0 Å². The summed E-state index contributed by atoms with van der Waals surface area (Å²) in [7, 11) is 0. The Bertz CT molecular complexity index is 1450. The standard InChI is InChI=1S/2C9H6F3NO.C7H3F4NO2/c2*10-9(11,12)6-2-1-5-3-8(14)13-7(5)4-6;8-5-2-1-4(7(9,10)11)3-6(5)12(13)14/h2*1-2,4H,3H2,(H,13,14);1-3H. The number of hydrogen-bond donors (Lipinski definition) is 2. The first kappa shape index (κ1) is 31.8. The number of hydrogen-bond acceptors (Lipinski definition) is 4. The molecule has 0 radical (unpaired) electrons. The van der Waals surface area contributed by atoms with Crippen LogP contribution in [0.2, 0.25) is 0 Å². The van der Waals surface area contributed by atoms with E-state index in [0.717, 1.165) is 24.3 Å².